The molecule has 0 bridgehead atoms. The van der Waals surface area contributed by atoms with Gasteiger partial charge in [0.1, 0.15) is 17.6 Å². The number of aromatic nitrogens is 2. The van der Waals surface area contributed by atoms with E-state index in [1.54, 1.807) is 26.6 Å². The number of carbonyl (C=O) groups is 1. The second-order valence-electron chi connectivity index (χ2n) is 6.93. The summed E-state index contributed by atoms with van der Waals surface area (Å²) in [6.45, 7) is 0. The molecule has 3 aromatic carbocycles. The van der Waals surface area contributed by atoms with Crippen molar-refractivity contribution in [2.45, 2.75) is 0 Å². The smallest absolute Gasteiger partial charge is 0.341 e. The summed E-state index contributed by atoms with van der Waals surface area (Å²) in [4.78, 5) is 20.9. The van der Waals surface area contributed by atoms with Gasteiger partial charge in [0.05, 0.1) is 39.6 Å². The molecule has 0 aliphatic rings. The van der Waals surface area contributed by atoms with Gasteiger partial charge in [0.25, 0.3) is 0 Å². The Labute approximate surface area is 185 Å². The molecule has 0 N–H and O–H groups in total. The molecule has 162 valence electrons. The van der Waals surface area contributed by atoms with Gasteiger partial charge in [0.2, 0.25) is 0 Å². The highest BCUT2D eigenvalue weighted by molar-refractivity contribution is 5.96. The fraction of sp³-hybridized carbons (Fsp3) is 0.160. The van der Waals surface area contributed by atoms with Crippen LogP contribution in [-0.2, 0) is 4.74 Å². The molecule has 4 rings (SSSR count). The molecule has 32 heavy (non-hydrogen) atoms. The third kappa shape index (κ3) is 3.80. The lowest BCUT2D eigenvalue weighted by atomic mass is 9.99. The van der Waals surface area contributed by atoms with Gasteiger partial charge in [-0.25, -0.2) is 14.8 Å². The Kier molecular flexibility index (Phi) is 5.89. The van der Waals surface area contributed by atoms with E-state index in [0.717, 1.165) is 33.3 Å². The zero-order valence-electron chi connectivity index (χ0n) is 18.2. The summed E-state index contributed by atoms with van der Waals surface area (Å²) in [5.74, 6) is 1.26. The van der Waals surface area contributed by atoms with E-state index in [-0.39, 0.29) is 0 Å². The molecular weight excluding hydrogens is 408 g/mol. The number of benzene rings is 3. The lowest BCUT2D eigenvalue weighted by molar-refractivity contribution is 0.0597. The highest BCUT2D eigenvalue weighted by Gasteiger charge is 2.15. The van der Waals surface area contributed by atoms with E-state index in [1.807, 2.05) is 48.5 Å². The number of carbonyl (C=O) groups excluding carboxylic acids is 1. The van der Waals surface area contributed by atoms with Crippen LogP contribution in [0.5, 0.6) is 17.2 Å². The number of ether oxygens (including phenoxy) is 4. The number of nitrogens with zero attached hydrogens (tertiary/aromatic N) is 2. The maximum absolute atomic E-state index is 12.0. The molecule has 0 amide bonds. The van der Waals surface area contributed by atoms with E-state index in [4.69, 9.17) is 18.9 Å². The van der Waals surface area contributed by atoms with Crippen LogP contribution in [0.15, 0.2) is 60.9 Å². The highest BCUT2D eigenvalue weighted by atomic mass is 16.5. The van der Waals surface area contributed by atoms with Crippen LogP contribution < -0.4 is 14.2 Å². The minimum absolute atomic E-state index is 0.369. The van der Waals surface area contributed by atoms with Crippen LogP contribution in [0.25, 0.3) is 33.3 Å². The second kappa shape index (κ2) is 8.93. The Hall–Kier alpha value is -4.13. The van der Waals surface area contributed by atoms with Crippen molar-refractivity contribution in [3.63, 3.8) is 0 Å². The van der Waals surface area contributed by atoms with Crippen molar-refractivity contribution < 1.29 is 23.7 Å². The Bertz CT molecular complexity index is 1300. The quantitative estimate of drug-likeness (QED) is 0.407. The van der Waals surface area contributed by atoms with Gasteiger partial charge in [-0.1, -0.05) is 12.1 Å². The summed E-state index contributed by atoms with van der Waals surface area (Å²) in [7, 11) is 6.07. The number of rotatable bonds is 6. The van der Waals surface area contributed by atoms with Crippen LogP contribution in [0, 0.1) is 0 Å². The molecule has 0 aliphatic carbocycles. The van der Waals surface area contributed by atoms with Gasteiger partial charge in [0, 0.05) is 10.9 Å². The lowest BCUT2D eigenvalue weighted by Crippen LogP contribution is -2.04. The summed E-state index contributed by atoms with van der Waals surface area (Å²) >= 11 is 0. The molecular formula is C25H22N2O5. The van der Waals surface area contributed by atoms with Crippen LogP contribution in [0.3, 0.4) is 0 Å². The monoisotopic (exact) mass is 430 g/mol. The van der Waals surface area contributed by atoms with Crippen molar-refractivity contribution in [3.8, 4) is 39.6 Å². The molecule has 0 saturated heterocycles. The second-order valence-corrected chi connectivity index (χ2v) is 6.93. The molecule has 0 aliphatic heterocycles. The predicted molar refractivity (Wildman–Crippen MR) is 121 cm³/mol. The fourth-order valence-corrected chi connectivity index (χ4v) is 3.60. The van der Waals surface area contributed by atoms with Crippen molar-refractivity contribution >= 4 is 16.9 Å². The summed E-state index contributed by atoms with van der Waals surface area (Å²) in [5.41, 5.74) is 4.66. The van der Waals surface area contributed by atoms with Crippen LogP contribution >= 0.6 is 0 Å². The van der Waals surface area contributed by atoms with Gasteiger partial charge in [-0.2, -0.15) is 0 Å². The summed E-state index contributed by atoms with van der Waals surface area (Å²) < 4.78 is 21.0. The van der Waals surface area contributed by atoms with E-state index in [2.05, 4.69) is 9.97 Å². The third-order valence-corrected chi connectivity index (χ3v) is 5.23. The number of methoxy groups -OCH3 is 4. The van der Waals surface area contributed by atoms with Gasteiger partial charge in [-0.05, 0) is 53.6 Å². The predicted octanol–water partition coefficient (Wildman–Crippen LogP) is 4.78. The highest BCUT2D eigenvalue weighted by Crippen LogP contribution is 2.36. The molecule has 0 radical (unpaired) electrons. The first-order valence-corrected chi connectivity index (χ1v) is 9.83. The first kappa shape index (κ1) is 21.1. The minimum Gasteiger partial charge on any atom is -0.496 e. The van der Waals surface area contributed by atoms with E-state index in [1.165, 1.54) is 14.2 Å². The number of hydrogen-bond acceptors (Lipinski definition) is 7. The van der Waals surface area contributed by atoms with Gasteiger partial charge in [0.15, 0.2) is 11.5 Å². The molecule has 0 fully saturated rings. The van der Waals surface area contributed by atoms with Crippen LogP contribution in [0.2, 0.25) is 0 Å². The van der Waals surface area contributed by atoms with Crippen molar-refractivity contribution in [3.05, 3.63) is 66.5 Å². The average molecular weight is 430 g/mol. The first-order valence-electron chi connectivity index (χ1n) is 9.83. The Morgan fingerprint density at radius 1 is 0.688 bits per heavy atom. The van der Waals surface area contributed by atoms with E-state index >= 15 is 0 Å². The van der Waals surface area contributed by atoms with E-state index in [9.17, 15) is 4.79 Å². The SMILES string of the molecule is COC(=O)c1ccc(-c2ccc3ncnc(-c4ccc(OC)c(OC)c4)c3c2)cc1OC. The molecule has 0 unspecified atom stereocenters. The first-order chi connectivity index (χ1) is 15.6. The van der Waals surface area contributed by atoms with Crippen molar-refractivity contribution in [1.82, 2.24) is 9.97 Å². The Morgan fingerprint density at radius 3 is 2.06 bits per heavy atom. The molecule has 0 spiro atoms. The van der Waals surface area contributed by atoms with Crippen LogP contribution in [0.4, 0.5) is 0 Å². The topological polar surface area (TPSA) is 79.8 Å². The standard InChI is InChI=1S/C25H22N2O5/c1-29-21-10-7-17(13-23(21)31-3)24-19-11-15(6-9-20(19)26-14-27-24)16-5-8-18(25(28)32-4)22(12-16)30-2/h5-14H,1-4H3. The van der Waals surface area contributed by atoms with Gasteiger partial charge >= 0.3 is 5.97 Å². The zero-order valence-corrected chi connectivity index (χ0v) is 18.2. The normalized spacial score (nSPS) is 10.6. The molecule has 1 heterocycles. The largest absolute Gasteiger partial charge is 0.496 e. The van der Waals surface area contributed by atoms with Gasteiger partial charge < -0.3 is 18.9 Å². The molecule has 0 saturated carbocycles. The number of hydrogen-bond donors (Lipinski definition) is 0. The molecule has 1 aromatic heterocycles. The maximum atomic E-state index is 12.0. The molecule has 7 nitrogen and oxygen atoms in total. The average Bonchev–Trinajstić information content (AvgIpc) is 2.86. The zero-order chi connectivity index (χ0) is 22.7. The summed E-state index contributed by atoms with van der Waals surface area (Å²) in [6, 6.07) is 17.0. The molecule has 0 atom stereocenters. The summed E-state index contributed by atoms with van der Waals surface area (Å²) in [6.07, 6.45) is 1.54. The lowest BCUT2D eigenvalue weighted by Gasteiger charge is -2.12. The Morgan fingerprint density at radius 2 is 1.34 bits per heavy atom. The van der Waals surface area contributed by atoms with Crippen molar-refractivity contribution in [2.24, 2.45) is 0 Å². The Balaban J connectivity index is 1.84. The minimum atomic E-state index is -0.448. The maximum Gasteiger partial charge on any atom is 0.341 e. The molecule has 4 aromatic rings. The number of fused-ring (bicyclic) bond motifs is 1. The van der Waals surface area contributed by atoms with Crippen LogP contribution in [-0.4, -0.2) is 44.4 Å². The van der Waals surface area contributed by atoms with E-state index < -0.39 is 5.97 Å². The van der Waals surface area contributed by atoms with Crippen molar-refractivity contribution in [2.75, 3.05) is 28.4 Å². The van der Waals surface area contributed by atoms with E-state index in [0.29, 0.717) is 22.8 Å². The van der Waals surface area contributed by atoms with Crippen LogP contribution in [0.1, 0.15) is 10.4 Å². The van der Waals surface area contributed by atoms with Crippen molar-refractivity contribution in [1.29, 1.82) is 0 Å². The summed E-state index contributed by atoms with van der Waals surface area (Å²) in [5, 5.41) is 0.883. The van der Waals surface area contributed by atoms with Gasteiger partial charge in [-0.3, -0.25) is 0 Å². The number of esters is 1. The molecule has 7 heteroatoms. The third-order valence-electron chi connectivity index (χ3n) is 5.23. The fourth-order valence-electron chi connectivity index (χ4n) is 3.60. The van der Waals surface area contributed by atoms with Gasteiger partial charge in [-0.15, -0.1) is 0 Å².